The minimum atomic E-state index is -3.47. The molecule has 1 saturated heterocycles. The smallest absolute Gasteiger partial charge is 0.240 e. The van der Waals surface area contributed by atoms with E-state index in [0.717, 1.165) is 29.7 Å². The molecule has 0 amide bonds. The first-order valence-electron chi connectivity index (χ1n) is 7.26. The molecule has 0 spiro atoms. The average Bonchev–Trinajstić information content (AvgIpc) is 2.93. The van der Waals surface area contributed by atoms with E-state index in [9.17, 15) is 8.42 Å². The molecule has 1 aromatic carbocycles. The fraction of sp³-hybridized carbons (Fsp3) is 0.600. The molecule has 0 saturated carbocycles. The Bertz CT molecular complexity index is 593. The Hall–Kier alpha value is -0.950. The third-order valence-electron chi connectivity index (χ3n) is 3.88. The van der Waals surface area contributed by atoms with Crippen molar-refractivity contribution >= 4 is 10.0 Å². The summed E-state index contributed by atoms with van der Waals surface area (Å²) in [6.07, 6.45) is 0.917. The van der Waals surface area contributed by atoms with Crippen LogP contribution in [0.15, 0.2) is 17.0 Å². The van der Waals surface area contributed by atoms with Gasteiger partial charge >= 0.3 is 0 Å². The van der Waals surface area contributed by atoms with Crippen LogP contribution in [0.4, 0.5) is 0 Å². The molecule has 1 aliphatic rings. The molecule has 0 aromatic heterocycles. The van der Waals surface area contributed by atoms with Gasteiger partial charge < -0.3 is 10.1 Å². The zero-order chi connectivity index (χ0) is 15.5. The van der Waals surface area contributed by atoms with Gasteiger partial charge in [0.25, 0.3) is 0 Å². The fourth-order valence-corrected chi connectivity index (χ4v) is 3.99. The van der Waals surface area contributed by atoms with Crippen molar-refractivity contribution in [3.8, 4) is 0 Å². The van der Waals surface area contributed by atoms with Gasteiger partial charge in [-0.3, -0.25) is 0 Å². The van der Waals surface area contributed by atoms with Gasteiger partial charge in [0, 0.05) is 19.7 Å². The van der Waals surface area contributed by atoms with Crippen LogP contribution >= 0.6 is 0 Å². The fourth-order valence-electron chi connectivity index (χ4n) is 2.59. The Morgan fingerprint density at radius 2 is 2.05 bits per heavy atom. The number of nitrogens with one attached hydrogen (secondary N) is 2. The van der Waals surface area contributed by atoms with E-state index in [1.807, 2.05) is 27.0 Å². The summed E-state index contributed by atoms with van der Waals surface area (Å²) >= 11 is 0. The van der Waals surface area contributed by atoms with Crippen molar-refractivity contribution in [3.63, 3.8) is 0 Å². The zero-order valence-electron chi connectivity index (χ0n) is 12.9. The van der Waals surface area contributed by atoms with Gasteiger partial charge in [0.05, 0.1) is 11.5 Å². The van der Waals surface area contributed by atoms with E-state index < -0.39 is 10.0 Å². The van der Waals surface area contributed by atoms with Crippen molar-refractivity contribution in [2.75, 3.05) is 26.8 Å². The summed E-state index contributed by atoms with van der Waals surface area (Å²) in [7, 11) is -1.62. The van der Waals surface area contributed by atoms with E-state index in [1.54, 1.807) is 6.07 Å². The second-order valence-electron chi connectivity index (χ2n) is 5.66. The summed E-state index contributed by atoms with van der Waals surface area (Å²) in [5.41, 5.74) is 2.89. The first-order chi connectivity index (χ1) is 9.94. The first kappa shape index (κ1) is 16.4. The van der Waals surface area contributed by atoms with Gasteiger partial charge in [-0.1, -0.05) is 6.07 Å². The summed E-state index contributed by atoms with van der Waals surface area (Å²) in [5.74, 6) is 0.280. The summed E-state index contributed by atoms with van der Waals surface area (Å²) in [5, 5.41) is 3.07. The Morgan fingerprint density at radius 1 is 1.29 bits per heavy atom. The molecule has 0 aliphatic carbocycles. The maximum absolute atomic E-state index is 12.5. The lowest BCUT2D eigenvalue weighted by Crippen LogP contribution is -2.30. The molecule has 1 atom stereocenters. The highest BCUT2D eigenvalue weighted by Crippen LogP contribution is 2.21. The molecule has 118 valence electrons. The van der Waals surface area contributed by atoms with Crippen molar-refractivity contribution in [3.05, 3.63) is 28.8 Å². The number of ether oxygens (including phenoxy) is 1. The SMILES string of the molecule is CNCc1cc(S(=O)(=O)NCC2CCOC2)c(C)cc1C. The lowest BCUT2D eigenvalue weighted by Gasteiger charge is -2.15. The first-order valence-corrected chi connectivity index (χ1v) is 8.74. The molecule has 0 bridgehead atoms. The molecular weight excluding hydrogens is 288 g/mol. The molecule has 1 aliphatic heterocycles. The number of hydrogen-bond acceptors (Lipinski definition) is 4. The number of aryl methyl sites for hydroxylation is 2. The van der Waals surface area contributed by atoms with Gasteiger partial charge in [0.1, 0.15) is 0 Å². The highest BCUT2D eigenvalue weighted by Gasteiger charge is 2.22. The molecule has 1 unspecified atom stereocenters. The van der Waals surface area contributed by atoms with Gasteiger partial charge in [-0.25, -0.2) is 13.1 Å². The van der Waals surface area contributed by atoms with Crippen molar-refractivity contribution in [2.24, 2.45) is 5.92 Å². The van der Waals surface area contributed by atoms with Crippen molar-refractivity contribution in [1.82, 2.24) is 10.0 Å². The minimum Gasteiger partial charge on any atom is -0.381 e. The normalized spacial score (nSPS) is 19.1. The van der Waals surface area contributed by atoms with Crippen LogP contribution < -0.4 is 10.0 Å². The molecule has 1 heterocycles. The maximum Gasteiger partial charge on any atom is 0.240 e. The zero-order valence-corrected chi connectivity index (χ0v) is 13.7. The van der Waals surface area contributed by atoms with E-state index in [4.69, 9.17) is 4.74 Å². The Balaban J connectivity index is 2.19. The van der Waals surface area contributed by atoms with Crippen LogP contribution in [-0.2, 0) is 21.3 Å². The Labute approximate surface area is 127 Å². The molecule has 1 aromatic rings. The largest absolute Gasteiger partial charge is 0.381 e. The standard InChI is InChI=1S/C15H24N2O3S/c1-11-6-12(2)15(7-14(11)9-16-3)21(18,19)17-8-13-4-5-20-10-13/h6-7,13,16-17H,4-5,8-10H2,1-3H3. The second-order valence-corrected chi connectivity index (χ2v) is 7.39. The summed E-state index contributed by atoms with van der Waals surface area (Å²) < 4.78 is 33.0. The topological polar surface area (TPSA) is 67.4 Å². The van der Waals surface area contributed by atoms with Crippen LogP contribution in [-0.4, -0.2) is 35.2 Å². The van der Waals surface area contributed by atoms with Gasteiger partial charge in [-0.15, -0.1) is 0 Å². The van der Waals surface area contributed by atoms with Crippen molar-refractivity contribution in [2.45, 2.75) is 31.7 Å². The van der Waals surface area contributed by atoms with E-state index in [0.29, 0.717) is 24.6 Å². The van der Waals surface area contributed by atoms with E-state index in [1.165, 1.54) is 0 Å². The second kappa shape index (κ2) is 6.87. The summed E-state index contributed by atoms with van der Waals surface area (Å²) in [6.45, 7) is 6.30. The predicted octanol–water partition coefficient (Wildman–Crippen LogP) is 1.34. The summed E-state index contributed by atoms with van der Waals surface area (Å²) in [4.78, 5) is 0.372. The third kappa shape index (κ3) is 4.03. The lowest BCUT2D eigenvalue weighted by molar-refractivity contribution is 0.186. The number of sulfonamides is 1. The monoisotopic (exact) mass is 312 g/mol. The number of benzene rings is 1. The average molecular weight is 312 g/mol. The van der Waals surface area contributed by atoms with E-state index >= 15 is 0 Å². The van der Waals surface area contributed by atoms with Crippen molar-refractivity contribution < 1.29 is 13.2 Å². The van der Waals surface area contributed by atoms with Crippen LogP contribution in [0.3, 0.4) is 0 Å². The third-order valence-corrected chi connectivity index (χ3v) is 5.44. The van der Waals surface area contributed by atoms with E-state index in [2.05, 4.69) is 10.0 Å². The lowest BCUT2D eigenvalue weighted by atomic mass is 10.1. The molecular formula is C15H24N2O3S. The van der Waals surface area contributed by atoms with Gasteiger partial charge in [-0.05, 0) is 56.0 Å². The molecule has 21 heavy (non-hydrogen) atoms. The molecule has 5 nitrogen and oxygen atoms in total. The quantitative estimate of drug-likeness (QED) is 0.832. The van der Waals surface area contributed by atoms with Crippen molar-refractivity contribution in [1.29, 1.82) is 0 Å². The Morgan fingerprint density at radius 3 is 2.67 bits per heavy atom. The number of hydrogen-bond donors (Lipinski definition) is 2. The van der Waals surface area contributed by atoms with Crippen LogP contribution in [0.2, 0.25) is 0 Å². The highest BCUT2D eigenvalue weighted by molar-refractivity contribution is 7.89. The van der Waals surface area contributed by atoms with Crippen LogP contribution in [0.25, 0.3) is 0 Å². The molecule has 0 radical (unpaired) electrons. The minimum absolute atomic E-state index is 0.280. The molecule has 2 N–H and O–H groups in total. The van der Waals surface area contributed by atoms with Crippen LogP contribution in [0, 0.1) is 19.8 Å². The van der Waals surface area contributed by atoms with Crippen LogP contribution in [0.1, 0.15) is 23.1 Å². The molecule has 1 fully saturated rings. The van der Waals surface area contributed by atoms with Gasteiger partial charge in [0.2, 0.25) is 10.0 Å². The Kier molecular flexibility index (Phi) is 5.37. The maximum atomic E-state index is 12.5. The van der Waals surface area contributed by atoms with E-state index in [-0.39, 0.29) is 5.92 Å². The predicted molar refractivity (Wildman–Crippen MR) is 82.8 cm³/mol. The van der Waals surface area contributed by atoms with Crippen LogP contribution in [0.5, 0.6) is 0 Å². The van der Waals surface area contributed by atoms with Gasteiger partial charge in [0.15, 0.2) is 0 Å². The van der Waals surface area contributed by atoms with Gasteiger partial charge in [-0.2, -0.15) is 0 Å². The highest BCUT2D eigenvalue weighted by atomic mass is 32.2. The summed E-state index contributed by atoms with van der Waals surface area (Å²) in [6, 6.07) is 3.70. The molecule has 6 heteroatoms. The molecule has 2 rings (SSSR count). The number of rotatable bonds is 6.